The van der Waals surface area contributed by atoms with Crippen molar-refractivity contribution in [2.45, 2.75) is 398 Å². The van der Waals surface area contributed by atoms with Gasteiger partial charge in [0.05, 0.1) is 25.4 Å². The van der Waals surface area contributed by atoms with E-state index in [2.05, 4.69) is 19.2 Å². The molecule has 72 heavy (non-hydrogen) atoms. The average Bonchev–Trinajstić information content (AvgIpc) is 3.38. The Morgan fingerprint density at radius 3 is 0.847 bits per heavy atom. The summed E-state index contributed by atoms with van der Waals surface area (Å²) in [5.74, 6) is -0.0188. The van der Waals surface area contributed by atoms with E-state index in [0.717, 1.165) is 38.5 Å². The maximum absolute atomic E-state index is 12.5. The lowest BCUT2D eigenvalue weighted by Gasteiger charge is -2.22. The normalized spacial score (nSPS) is 12.4. The molecule has 430 valence electrons. The fourth-order valence-electron chi connectivity index (χ4n) is 10.8. The Hall–Kier alpha value is -1.14. The highest BCUT2D eigenvalue weighted by molar-refractivity contribution is 5.76. The molecule has 6 nitrogen and oxygen atoms in total. The van der Waals surface area contributed by atoms with E-state index in [1.165, 1.54) is 315 Å². The van der Waals surface area contributed by atoms with Crippen LogP contribution in [-0.4, -0.2) is 47.4 Å². The van der Waals surface area contributed by atoms with Gasteiger partial charge in [-0.3, -0.25) is 9.59 Å². The molecule has 3 N–H and O–H groups in total. The van der Waals surface area contributed by atoms with Crippen molar-refractivity contribution in [1.29, 1.82) is 0 Å². The summed E-state index contributed by atoms with van der Waals surface area (Å²) in [5.41, 5.74) is 0. The first kappa shape index (κ1) is 70.9. The van der Waals surface area contributed by atoms with E-state index in [0.29, 0.717) is 25.9 Å². The third-order valence-electron chi connectivity index (χ3n) is 15.9. The number of unbranched alkanes of at least 4 members (excludes halogenated alkanes) is 52. The van der Waals surface area contributed by atoms with Gasteiger partial charge in [0.1, 0.15) is 0 Å². The predicted molar refractivity (Wildman–Crippen MR) is 315 cm³/mol. The number of ether oxygens (including phenoxy) is 1. The van der Waals surface area contributed by atoms with Crippen molar-refractivity contribution in [2.75, 3.05) is 13.2 Å². The zero-order valence-corrected chi connectivity index (χ0v) is 49.2. The third kappa shape index (κ3) is 58.1. The number of aliphatic hydroxyl groups excluding tert-OH is 2. The summed E-state index contributed by atoms with van der Waals surface area (Å²) in [7, 11) is 0. The van der Waals surface area contributed by atoms with Crippen molar-refractivity contribution in [3.8, 4) is 0 Å². The van der Waals surface area contributed by atoms with Gasteiger partial charge in [-0.05, 0) is 25.7 Å². The van der Waals surface area contributed by atoms with Crippen LogP contribution < -0.4 is 5.32 Å². The van der Waals surface area contributed by atoms with Crippen LogP contribution in [0.25, 0.3) is 0 Å². The minimum absolute atomic E-state index is 0.0140. The highest BCUT2D eigenvalue weighted by Crippen LogP contribution is 2.19. The van der Waals surface area contributed by atoms with Crippen molar-refractivity contribution < 1.29 is 24.5 Å². The molecule has 1 amide bonds. The van der Waals surface area contributed by atoms with Gasteiger partial charge < -0.3 is 20.3 Å². The monoisotopic (exact) mass is 1020 g/mol. The van der Waals surface area contributed by atoms with Crippen LogP contribution in [0.3, 0.4) is 0 Å². The molecule has 2 unspecified atom stereocenters. The standard InChI is InChI=1S/C66H131NO5/c1-3-5-7-9-11-13-15-17-19-21-22-24-27-30-34-38-42-46-50-54-58-64(69)63(62-68)67-65(70)59-55-51-47-43-39-35-31-28-25-23-26-29-33-37-41-45-49-53-57-61-72-66(71)60-56-52-48-44-40-36-32-20-18-16-14-12-10-8-6-4-2/h63-64,68-69H,3-62H2,1-2H3,(H,67,70). The summed E-state index contributed by atoms with van der Waals surface area (Å²) in [6.45, 7) is 4.99. The van der Waals surface area contributed by atoms with E-state index >= 15 is 0 Å². The molecule has 6 heteroatoms. The molecule has 0 spiro atoms. The Balaban J connectivity index is 3.38. The molecular formula is C66H131NO5. The lowest BCUT2D eigenvalue weighted by Crippen LogP contribution is -2.45. The Morgan fingerprint density at radius 1 is 0.333 bits per heavy atom. The molecule has 0 aliphatic heterocycles. The van der Waals surface area contributed by atoms with E-state index in [1.54, 1.807) is 0 Å². The summed E-state index contributed by atoms with van der Waals surface area (Å²) >= 11 is 0. The Bertz CT molecular complexity index is 1040. The minimum atomic E-state index is -0.666. The zero-order valence-electron chi connectivity index (χ0n) is 49.2. The second-order valence-corrected chi connectivity index (χ2v) is 23.2. The SMILES string of the molecule is CCCCCCCCCCCCCCCCCCCCCCC(O)C(CO)NC(=O)CCCCCCCCCCCCCCCCCCCCCOC(=O)CCCCCCCCCCCCCCCCCC. The van der Waals surface area contributed by atoms with E-state index in [9.17, 15) is 19.8 Å². The number of esters is 1. The summed E-state index contributed by atoms with van der Waals surface area (Å²) in [6, 6.07) is -0.543. The van der Waals surface area contributed by atoms with Crippen LogP contribution >= 0.6 is 0 Å². The maximum Gasteiger partial charge on any atom is 0.305 e. The molecule has 0 bridgehead atoms. The lowest BCUT2D eigenvalue weighted by molar-refractivity contribution is -0.143. The third-order valence-corrected chi connectivity index (χ3v) is 15.9. The second kappa shape index (κ2) is 62.4. The van der Waals surface area contributed by atoms with Crippen molar-refractivity contribution in [2.24, 2.45) is 0 Å². The van der Waals surface area contributed by atoms with Crippen LogP contribution in [0.4, 0.5) is 0 Å². The van der Waals surface area contributed by atoms with Crippen molar-refractivity contribution in [3.05, 3.63) is 0 Å². The fourth-order valence-corrected chi connectivity index (χ4v) is 10.8. The minimum Gasteiger partial charge on any atom is -0.466 e. The van der Waals surface area contributed by atoms with Gasteiger partial charge >= 0.3 is 5.97 Å². The fraction of sp³-hybridized carbons (Fsp3) is 0.970. The van der Waals surface area contributed by atoms with Crippen LogP contribution in [0, 0.1) is 0 Å². The van der Waals surface area contributed by atoms with Gasteiger partial charge in [0.2, 0.25) is 5.91 Å². The molecule has 0 saturated heterocycles. The van der Waals surface area contributed by atoms with Gasteiger partial charge in [0.25, 0.3) is 0 Å². The highest BCUT2D eigenvalue weighted by atomic mass is 16.5. The predicted octanol–water partition coefficient (Wildman–Crippen LogP) is 21.0. The Labute approximate surface area is 451 Å². The quantitative estimate of drug-likeness (QED) is 0.0417. The molecular weight excluding hydrogens is 887 g/mol. The molecule has 0 rings (SSSR count). The van der Waals surface area contributed by atoms with E-state index in [-0.39, 0.29) is 18.5 Å². The molecule has 0 heterocycles. The molecule has 0 aliphatic rings. The Kier molecular flexibility index (Phi) is 61.4. The van der Waals surface area contributed by atoms with Gasteiger partial charge in [-0.15, -0.1) is 0 Å². The number of carbonyl (C=O) groups is 2. The first-order valence-corrected chi connectivity index (χ1v) is 33.3. The summed E-state index contributed by atoms with van der Waals surface area (Å²) in [5, 5.41) is 23.4. The zero-order chi connectivity index (χ0) is 52.2. The summed E-state index contributed by atoms with van der Waals surface area (Å²) < 4.78 is 5.50. The van der Waals surface area contributed by atoms with Crippen molar-refractivity contribution in [3.63, 3.8) is 0 Å². The first-order chi connectivity index (χ1) is 35.5. The molecule has 0 aromatic carbocycles. The van der Waals surface area contributed by atoms with E-state index < -0.39 is 12.1 Å². The number of rotatable bonds is 63. The van der Waals surface area contributed by atoms with Crippen LogP contribution in [-0.2, 0) is 14.3 Å². The number of amides is 1. The van der Waals surface area contributed by atoms with Crippen molar-refractivity contribution in [1.82, 2.24) is 5.32 Å². The molecule has 0 aromatic heterocycles. The van der Waals surface area contributed by atoms with E-state index in [4.69, 9.17) is 4.74 Å². The van der Waals surface area contributed by atoms with Crippen LogP contribution in [0.15, 0.2) is 0 Å². The van der Waals surface area contributed by atoms with Gasteiger partial charge in [-0.2, -0.15) is 0 Å². The number of hydrogen-bond donors (Lipinski definition) is 3. The molecule has 2 atom stereocenters. The molecule has 0 saturated carbocycles. The van der Waals surface area contributed by atoms with Gasteiger partial charge in [0.15, 0.2) is 0 Å². The Morgan fingerprint density at radius 2 is 0.569 bits per heavy atom. The van der Waals surface area contributed by atoms with E-state index in [1.807, 2.05) is 0 Å². The highest BCUT2D eigenvalue weighted by Gasteiger charge is 2.20. The van der Waals surface area contributed by atoms with Crippen LogP contribution in [0.2, 0.25) is 0 Å². The van der Waals surface area contributed by atoms with Crippen LogP contribution in [0.5, 0.6) is 0 Å². The van der Waals surface area contributed by atoms with Gasteiger partial charge in [-0.25, -0.2) is 0 Å². The maximum atomic E-state index is 12.5. The number of nitrogens with one attached hydrogen (secondary N) is 1. The topological polar surface area (TPSA) is 95.9 Å². The smallest absolute Gasteiger partial charge is 0.305 e. The number of carbonyl (C=O) groups excluding carboxylic acids is 2. The van der Waals surface area contributed by atoms with Gasteiger partial charge in [0, 0.05) is 12.8 Å². The molecule has 0 radical (unpaired) electrons. The van der Waals surface area contributed by atoms with Crippen LogP contribution in [0.1, 0.15) is 386 Å². The molecule has 0 fully saturated rings. The second-order valence-electron chi connectivity index (χ2n) is 23.2. The largest absolute Gasteiger partial charge is 0.466 e. The first-order valence-electron chi connectivity index (χ1n) is 33.3. The summed E-state index contributed by atoms with van der Waals surface area (Å²) in [4.78, 5) is 24.6. The molecule has 0 aliphatic carbocycles. The average molecular weight is 1020 g/mol. The van der Waals surface area contributed by atoms with Crippen molar-refractivity contribution >= 4 is 11.9 Å². The summed E-state index contributed by atoms with van der Waals surface area (Å²) in [6.07, 6.45) is 74.1. The molecule has 0 aromatic rings. The number of hydrogen-bond acceptors (Lipinski definition) is 5. The number of aliphatic hydroxyl groups is 2. The van der Waals surface area contributed by atoms with Gasteiger partial charge in [-0.1, -0.05) is 348 Å². The lowest BCUT2D eigenvalue weighted by atomic mass is 10.0.